The maximum Gasteiger partial charge on any atom is 0.255 e. The van der Waals surface area contributed by atoms with Crippen molar-refractivity contribution in [2.75, 3.05) is 19.9 Å². The van der Waals surface area contributed by atoms with Gasteiger partial charge in [0.05, 0.1) is 12.7 Å². The number of benzene rings is 2. The lowest BCUT2D eigenvalue weighted by atomic mass is 9.91. The topological polar surface area (TPSA) is 87.7 Å². The Bertz CT molecular complexity index is 1060. The van der Waals surface area contributed by atoms with Crippen LogP contribution in [0.25, 0.3) is 0 Å². The smallest absolute Gasteiger partial charge is 0.255 e. The Balaban J connectivity index is 1.40. The molecule has 174 valence electrons. The summed E-state index contributed by atoms with van der Waals surface area (Å²) in [5.74, 6) is -0.0170. The van der Waals surface area contributed by atoms with Crippen molar-refractivity contribution in [2.24, 2.45) is 0 Å². The van der Waals surface area contributed by atoms with Gasteiger partial charge in [-0.25, -0.2) is 0 Å². The maximum atomic E-state index is 13.1. The van der Waals surface area contributed by atoms with Crippen molar-refractivity contribution in [2.45, 2.75) is 42.3 Å². The maximum absolute atomic E-state index is 13.1. The monoisotopic (exact) mass is 487 g/mol. The van der Waals surface area contributed by atoms with Crippen molar-refractivity contribution >= 4 is 41.1 Å². The third kappa shape index (κ3) is 5.12. The predicted octanol–water partition coefficient (Wildman–Crippen LogP) is 2.90. The second kappa shape index (κ2) is 10.1. The Morgan fingerprint density at radius 2 is 2.00 bits per heavy atom. The summed E-state index contributed by atoms with van der Waals surface area (Å²) < 4.78 is 5.38. The zero-order valence-electron chi connectivity index (χ0n) is 18.5. The molecule has 2 saturated heterocycles. The van der Waals surface area contributed by atoms with Gasteiger partial charge in [0.2, 0.25) is 11.8 Å². The molecule has 2 aromatic rings. The third-order valence-corrected chi connectivity index (χ3v) is 7.12. The van der Waals surface area contributed by atoms with Crippen molar-refractivity contribution in [3.05, 3.63) is 58.6 Å². The first-order valence-corrected chi connectivity index (χ1v) is 12.4. The first kappa shape index (κ1) is 23.4. The molecule has 2 fully saturated rings. The highest BCUT2D eigenvalue weighted by Gasteiger charge is 2.44. The Hall–Kier alpha value is -2.71. The van der Waals surface area contributed by atoms with Crippen LogP contribution in [-0.2, 0) is 16.0 Å². The minimum atomic E-state index is -0.597. The Morgan fingerprint density at radius 1 is 1.24 bits per heavy atom. The number of nitrogens with one attached hydrogen (secondary N) is 2. The minimum Gasteiger partial charge on any atom is -0.496 e. The highest BCUT2D eigenvalue weighted by Crippen LogP contribution is 2.27. The summed E-state index contributed by atoms with van der Waals surface area (Å²) in [5, 5.41) is 6.51. The van der Waals surface area contributed by atoms with E-state index < -0.39 is 12.1 Å². The highest BCUT2D eigenvalue weighted by atomic mass is 35.5. The van der Waals surface area contributed by atoms with Gasteiger partial charge in [0, 0.05) is 28.9 Å². The van der Waals surface area contributed by atoms with Crippen LogP contribution in [0.4, 0.5) is 0 Å². The van der Waals surface area contributed by atoms with Crippen LogP contribution in [-0.4, -0.2) is 60.7 Å². The van der Waals surface area contributed by atoms with Gasteiger partial charge >= 0.3 is 0 Å². The lowest BCUT2D eigenvalue weighted by Gasteiger charge is -2.44. The molecule has 9 heteroatoms. The van der Waals surface area contributed by atoms with Crippen LogP contribution in [0, 0.1) is 0 Å². The number of hydrogen-bond donors (Lipinski definition) is 2. The van der Waals surface area contributed by atoms with E-state index in [9.17, 15) is 14.4 Å². The first-order valence-electron chi connectivity index (χ1n) is 10.8. The normalized spacial score (nSPS) is 22.4. The van der Waals surface area contributed by atoms with Crippen LogP contribution < -0.4 is 15.4 Å². The van der Waals surface area contributed by atoms with E-state index in [1.807, 2.05) is 30.5 Å². The Morgan fingerprint density at radius 3 is 2.70 bits per heavy atom. The zero-order chi connectivity index (χ0) is 23.5. The van der Waals surface area contributed by atoms with Crippen LogP contribution in [0.3, 0.4) is 0 Å². The number of hydrogen-bond acceptors (Lipinski definition) is 5. The molecule has 2 heterocycles. The van der Waals surface area contributed by atoms with Gasteiger partial charge in [0.25, 0.3) is 5.91 Å². The molecule has 3 atom stereocenters. The standard InChI is InChI=1S/C24H26ClN3O4S/c1-32-21-13-17(33-2)7-8-18(21)22(29)26-16-9-10-28-20(12-16)23(30)27-19(24(28)31)11-14-3-5-15(25)6-4-14/h3-8,13,16,19-20H,9-12H2,1-2H3,(H,26,29)(H,27,30)/t16-,19+,20-/m0/s1. The average Bonchev–Trinajstić information content (AvgIpc) is 2.83. The quantitative estimate of drug-likeness (QED) is 0.612. The number of amides is 3. The molecule has 2 aliphatic rings. The van der Waals surface area contributed by atoms with E-state index in [0.717, 1.165) is 10.5 Å². The van der Waals surface area contributed by atoms with Crippen LogP contribution in [0.1, 0.15) is 28.8 Å². The van der Waals surface area contributed by atoms with E-state index in [1.54, 1.807) is 34.9 Å². The fourth-order valence-corrected chi connectivity index (χ4v) is 4.94. The molecule has 0 radical (unpaired) electrons. The van der Waals surface area contributed by atoms with E-state index in [2.05, 4.69) is 10.6 Å². The fourth-order valence-electron chi connectivity index (χ4n) is 4.38. The summed E-state index contributed by atoms with van der Waals surface area (Å²) in [6, 6.07) is 11.3. The number of ether oxygens (including phenoxy) is 1. The van der Waals surface area contributed by atoms with E-state index in [0.29, 0.717) is 42.1 Å². The highest BCUT2D eigenvalue weighted by molar-refractivity contribution is 7.98. The number of methoxy groups -OCH3 is 1. The molecule has 0 bridgehead atoms. The molecule has 3 amide bonds. The van der Waals surface area contributed by atoms with Crippen molar-refractivity contribution < 1.29 is 19.1 Å². The second-order valence-corrected chi connectivity index (χ2v) is 9.52. The average molecular weight is 488 g/mol. The third-order valence-electron chi connectivity index (χ3n) is 6.14. The van der Waals surface area contributed by atoms with Crippen molar-refractivity contribution in [3.8, 4) is 5.75 Å². The number of piperazine rings is 1. The molecule has 7 nitrogen and oxygen atoms in total. The number of carbonyl (C=O) groups excluding carboxylic acids is 3. The van der Waals surface area contributed by atoms with Crippen LogP contribution >= 0.6 is 23.4 Å². The summed E-state index contributed by atoms with van der Waals surface area (Å²) in [4.78, 5) is 41.4. The Labute approximate surface area is 202 Å². The fraction of sp³-hybridized carbons (Fsp3) is 0.375. The summed E-state index contributed by atoms with van der Waals surface area (Å²) in [6.07, 6.45) is 3.33. The van der Waals surface area contributed by atoms with Gasteiger partial charge in [-0.3, -0.25) is 14.4 Å². The SMILES string of the molecule is COc1cc(SC)ccc1C(=O)N[C@H]1CCN2C(=O)[C@@H](Cc3ccc(Cl)cc3)NC(=O)[C@@H]2C1. The van der Waals surface area contributed by atoms with Crippen LogP contribution in [0.5, 0.6) is 5.75 Å². The molecule has 0 aliphatic carbocycles. The van der Waals surface area contributed by atoms with Gasteiger partial charge in [0.1, 0.15) is 17.8 Å². The molecule has 0 aromatic heterocycles. The number of halogens is 1. The second-order valence-electron chi connectivity index (χ2n) is 8.20. The van der Waals surface area contributed by atoms with Crippen LogP contribution in [0.2, 0.25) is 5.02 Å². The molecular formula is C24H26ClN3O4S. The van der Waals surface area contributed by atoms with Crippen molar-refractivity contribution in [3.63, 3.8) is 0 Å². The van der Waals surface area contributed by atoms with Gasteiger partial charge < -0.3 is 20.3 Å². The molecule has 0 saturated carbocycles. The van der Waals surface area contributed by atoms with Gasteiger partial charge in [-0.15, -0.1) is 11.8 Å². The van der Waals surface area contributed by atoms with E-state index in [-0.39, 0.29) is 23.8 Å². The van der Waals surface area contributed by atoms with E-state index in [4.69, 9.17) is 16.3 Å². The van der Waals surface area contributed by atoms with E-state index in [1.165, 1.54) is 7.11 Å². The van der Waals surface area contributed by atoms with Gasteiger partial charge in [-0.1, -0.05) is 23.7 Å². The first-order chi connectivity index (χ1) is 15.9. The number of piperidine rings is 1. The molecule has 33 heavy (non-hydrogen) atoms. The minimum absolute atomic E-state index is 0.0892. The van der Waals surface area contributed by atoms with E-state index >= 15 is 0 Å². The number of rotatable bonds is 6. The predicted molar refractivity (Wildman–Crippen MR) is 128 cm³/mol. The van der Waals surface area contributed by atoms with Crippen molar-refractivity contribution in [1.29, 1.82) is 0 Å². The molecule has 0 unspecified atom stereocenters. The summed E-state index contributed by atoms with van der Waals surface area (Å²) in [5.41, 5.74) is 1.38. The number of carbonyl (C=O) groups is 3. The zero-order valence-corrected chi connectivity index (χ0v) is 20.0. The number of fused-ring (bicyclic) bond motifs is 1. The van der Waals surface area contributed by atoms with Crippen molar-refractivity contribution in [1.82, 2.24) is 15.5 Å². The summed E-state index contributed by atoms with van der Waals surface area (Å²) in [7, 11) is 1.53. The summed E-state index contributed by atoms with van der Waals surface area (Å²) >= 11 is 7.50. The largest absolute Gasteiger partial charge is 0.496 e. The lowest BCUT2D eigenvalue weighted by Crippen LogP contribution is -2.67. The molecule has 0 spiro atoms. The Kier molecular flexibility index (Phi) is 7.14. The van der Waals surface area contributed by atoms with Gasteiger partial charge in [-0.2, -0.15) is 0 Å². The van der Waals surface area contributed by atoms with Gasteiger partial charge in [0.15, 0.2) is 0 Å². The van der Waals surface area contributed by atoms with Gasteiger partial charge in [-0.05, 0) is 55.0 Å². The molecular weight excluding hydrogens is 462 g/mol. The number of nitrogens with zero attached hydrogens (tertiary/aromatic N) is 1. The number of thioether (sulfide) groups is 1. The lowest BCUT2D eigenvalue weighted by molar-refractivity contribution is -0.151. The molecule has 4 rings (SSSR count). The summed E-state index contributed by atoms with van der Waals surface area (Å²) in [6.45, 7) is 0.418. The molecule has 2 aliphatic heterocycles. The molecule has 2 N–H and O–H groups in total. The van der Waals surface area contributed by atoms with Crippen LogP contribution in [0.15, 0.2) is 47.4 Å². The molecule has 2 aromatic carbocycles.